The molecule has 7 nitrogen and oxygen atoms in total. The summed E-state index contributed by atoms with van der Waals surface area (Å²) in [4.78, 5) is 23.3. The number of hydrogen-bond acceptors (Lipinski definition) is 5. The highest BCUT2D eigenvalue weighted by Crippen LogP contribution is 2.40. The van der Waals surface area contributed by atoms with Gasteiger partial charge >= 0.3 is 0 Å². The van der Waals surface area contributed by atoms with E-state index in [1.807, 2.05) is 35.8 Å². The first kappa shape index (κ1) is 14.4. The second-order valence-corrected chi connectivity index (χ2v) is 6.46. The van der Waals surface area contributed by atoms with Crippen LogP contribution < -0.4 is 4.90 Å². The van der Waals surface area contributed by atoms with Crippen LogP contribution in [-0.2, 0) is 11.3 Å². The van der Waals surface area contributed by atoms with Gasteiger partial charge in [0.05, 0.1) is 23.6 Å². The predicted octanol–water partition coefficient (Wildman–Crippen LogP) is 3.06. The molecule has 2 aromatic heterocycles. The first-order chi connectivity index (χ1) is 12.3. The molecule has 0 N–H and O–H groups in total. The van der Waals surface area contributed by atoms with Crippen molar-refractivity contribution in [3.63, 3.8) is 0 Å². The summed E-state index contributed by atoms with van der Waals surface area (Å²) in [5.74, 6) is 1.67. The van der Waals surface area contributed by atoms with Crippen molar-refractivity contribution in [2.45, 2.75) is 38.6 Å². The van der Waals surface area contributed by atoms with Crippen molar-refractivity contribution in [2.24, 2.45) is 0 Å². The topological polar surface area (TPSA) is 77.1 Å². The molecule has 3 aromatic rings. The van der Waals surface area contributed by atoms with Gasteiger partial charge in [-0.3, -0.25) is 9.36 Å². The van der Waals surface area contributed by atoms with Crippen LogP contribution in [0.1, 0.15) is 43.7 Å². The molecule has 126 valence electrons. The third-order valence-electron chi connectivity index (χ3n) is 4.79. The highest BCUT2D eigenvalue weighted by molar-refractivity contribution is 5.96. The first-order valence-corrected chi connectivity index (χ1v) is 8.56. The maximum Gasteiger partial charge on any atom is 0.230 e. The number of amides is 1. The number of carbonyl (C=O) groups is 1. The maximum atomic E-state index is 12.5. The Morgan fingerprint density at radius 1 is 1.28 bits per heavy atom. The number of fused-ring (bicyclic) bond motifs is 3. The highest BCUT2D eigenvalue weighted by atomic mass is 16.5. The van der Waals surface area contributed by atoms with Gasteiger partial charge in [0.15, 0.2) is 0 Å². The van der Waals surface area contributed by atoms with Crippen molar-refractivity contribution in [1.29, 1.82) is 0 Å². The van der Waals surface area contributed by atoms with Crippen molar-refractivity contribution in [3.05, 3.63) is 42.2 Å². The van der Waals surface area contributed by atoms with Gasteiger partial charge in [0.1, 0.15) is 12.0 Å². The first-order valence-electron chi connectivity index (χ1n) is 8.56. The van der Waals surface area contributed by atoms with Gasteiger partial charge in [-0.05, 0) is 25.0 Å². The molecule has 1 aliphatic carbocycles. The summed E-state index contributed by atoms with van der Waals surface area (Å²) in [6, 6.07) is 7.86. The van der Waals surface area contributed by atoms with Crippen molar-refractivity contribution >= 4 is 11.6 Å². The second-order valence-electron chi connectivity index (χ2n) is 6.46. The molecule has 1 saturated carbocycles. The summed E-state index contributed by atoms with van der Waals surface area (Å²) in [5.41, 5.74) is 3.43. The molecular weight excluding hydrogens is 318 g/mol. The molecule has 2 aliphatic rings. The molecule has 0 atom stereocenters. The van der Waals surface area contributed by atoms with Crippen molar-refractivity contribution in [2.75, 3.05) is 4.90 Å². The van der Waals surface area contributed by atoms with E-state index in [0.717, 1.165) is 29.9 Å². The van der Waals surface area contributed by atoms with Gasteiger partial charge in [0.25, 0.3) is 0 Å². The molecular formula is C18H17N5O2. The second kappa shape index (κ2) is 5.27. The number of anilines is 1. The third kappa shape index (κ3) is 2.19. The SMILES string of the molecule is CCC(=O)N1Cc2c(-c3noc(C4CC4)n3)ncn2-c2ccccc21. The molecule has 1 amide bonds. The average molecular weight is 335 g/mol. The van der Waals surface area contributed by atoms with Crippen LogP contribution in [0.2, 0.25) is 0 Å². The predicted molar refractivity (Wildman–Crippen MR) is 90.3 cm³/mol. The Kier molecular flexibility index (Phi) is 3.03. The Bertz CT molecular complexity index is 970. The van der Waals surface area contributed by atoms with Gasteiger partial charge in [-0.1, -0.05) is 24.2 Å². The van der Waals surface area contributed by atoms with Gasteiger partial charge in [-0.2, -0.15) is 4.98 Å². The number of imidazole rings is 1. The van der Waals surface area contributed by atoms with Crippen LogP contribution >= 0.6 is 0 Å². The molecule has 3 heterocycles. The summed E-state index contributed by atoms with van der Waals surface area (Å²) in [6.07, 6.45) is 4.43. The van der Waals surface area contributed by atoms with Gasteiger partial charge in [-0.15, -0.1) is 0 Å². The third-order valence-corrected chi connectivity index (χ3v) is 4.79. The van der Waals surface area contributed by atoms with Gasteiger partial charge in [-0.25, -0.2) is 4.98 Å². The minimum absolute atomic E-state index is 0.0811. The fourth-order valence-corrected chi connectivity index (χ4v) is 3.29. The average Bonchev–Trinajstić information content (AvgIpc) is 3.23. The van der Waals surface area contributed by atoms with E-state index in [0.29, 0.717) is 36.3 Å². The number of benzene rings is 1. The lowest BCUT2D eigenvalue weighted by atomic mass is 10.1. The fourth-order valence-electron chi connectivity index (χ4n) is 3.29. The van der Waals surface area contributed by atoms with Gasteiger partial charge in [0, 0.05) is 12.3 Å². The van der Waals surface area contributed by atoms with Crippen LogP contribution in [0.15, 0.2) is 35.1 Å². The van der Waals surface area contributed by atoms with E-state index in [4.69, 9.17) is 4.52 Å². The number of carbonyl (C=O) groups excluding carboxylic acids is 1. The van der Waals surface area contributed by atoms with Crippen LogP contribution in [0.3, 0.4) is 0 Å². The summed E-state index contributed by atoms with van der Waals surface area (Å²) in [5, 5.41) is 4.11. The van der Waals surface area contributed by atoms with Crippen LogP contribution in [0.5, 0.6) is 0 Å². The number of aromatic nitrogens is 4. The summed E-state index contributed by atoms with van der Waals surface area (Å²) in [6.45, 7) is 2.32. The lowest BCUT2D eigenvalue weighted by Gasteiger charge is -2.30. The minimum atomic E-state index is 0.0811. The number of para-hydroxylation sites is 2. The molecule has 25 heavy (non-hydrogen) atoms. The smallest absolute Gasteiger partial charge is 0.230 e. The monoisotopic (exact) mass is 335 g/mol. The van der Waals surface area contributed by atoms with E-state index >= 15 is 0 Å². The Hall–Kier alpha value is -2.96. The van der Waals surface area contributed by atoms with E-state index in [9.17, 15) is 4.79 Å². The van der Waals surface area contributed by atoms with Gasteiger partial charge in [0.2, 0.25) is 17.6 Å². The molecule has 0 saturated heterocycles. The van der Waals surface area contributed by atoms with Crippen LogP contribution in [0, 0.1) is 0 Å². The van der Waals surface area contributed by atoms with Crippen LogP contribution in [-0.4, -0.2) is 25.6 Å². The summed E-state index contributed by atoms with van der Waals surface area (Å²) in [7, 11) is 0. The molecule has 1 fully saturated rings. The number of hydrogen-bond donors (Lipinski definition) is 0. The van der Waals surface area contributed by atoms with Crippen LogP contribution in [0.25, 0.3) is 17.2 Å². The standard InChI is InChI=1S/C18H17N5O2/c1-2-15(24)22-9-14-16(17-20-18(25-21-17)11-7-8-11)19-10-23(14)13-6-4-3-5-12(13)22/h3-6,10-11H,2,7-9H2,1H3. The Morgan fingerprint density at radius 2 is 2.08 bits per heavy atom. The summed E-state index contributed by atoms with van der Waals surface area (Å²) >= 11 is 0. The molecule has 5 rings (SSSR count). The zero-order chi connectivity index (χ0) is 17.0. The van der Waals surface area contributed by atoms with E-state index < -0.39 is 0 Å². The van der Waals surface area contributed by atoms with E-state index in [1.165, 1.54) is 0 Å². The molecule has 0 unspecified atom stereocenters. The molecule has 0 radical (unpaired) electrons. The molecule has 0 spiro atoms. The van der Waals surface area contributed by atoms with E-state index in [1.54, 1.807) is 11.2 Å². The molecule has 1 aromatic carbocycles. The lowest BCUT2D eigenvalue weighted by Crippen LogP contribution is -2.34. The Morgan fingerprint density at radius 3 is 2.84 bits per heavy atom. The number of rotatable bonds is 3. The fraction of sp³-hybridized carbons (Fsp3) is 0.333. The van der Waals surface area contributed by atoms with E-state index in [-0.39, 0.29) is 5.91 Å². The van der Waals surface area contributed by atoms with Crippen molar-refractivity contribution in [3.8, 4) is 17.2 Å². The zero-order valence-corrected chi connectivity index (χ0v) is 13.8. The summed E-state index contributed by atoms with van der Waals surface area (Å²) < 4.78 is 7.39. The minimum Gasteiger partial charge on any atom is -0.339 e. The lowest BCUT2D eigenvalue weighted by molar-refractivity contribution is -0.118. The number of nitrogens with zero attached hydrogens (tertiary/aromatic N) is 5. The maximum absolute atomic E-state index is 12.5. The molecule has 0 bridgehead atoms. The zero-order valence-electron chi connectivity index (χ0n) is 13.8. The van der Waals surface area contributed by atoms with Crippen molar-refractivity contribution in [1.82, 2.24) is 19.7 Å². The Balaban J connectivity index is 1.63. The largest absolute Gasteiger partial charge is 0.339 e. The van der Waals surface area contributed by atoms with Crippen molar-refractivity contribution < 1.29 is 9.32 Å². The highest BCUT2D eigenvalue weighted by Gasteiger charge is 2.32. The molecule has 1 aliphatic heterocycles. The molecule has 7 heteroatoms. The normalized spacial score (nSPS) is 15.8. The van der Waals surface area contributed by atoms with Gasteiger partial charge < -0.3 is 9.42 Å². The van der Waals surface area contributed by atoms with E-state index in [2.05, 4.69) is 15.1 Å². The Labute approximate surface area is 144 Å². The quantitative estimate of drug-likeness (QED) is 0.735. The van der Waals surface area contributed by atoms with Crippen LogP contribution in [0.4, 0.5) is 5.69 Å².